The Hall–Kier alpha value is -3.93. The Kier molecular flexibility index (Phi) is 9.44. The van der Waals surface area contributed by atoms with Crippen LogP contribution >= 0.6 is 11.3 Å². The molecule has 1 N–H and O–H groups in total. The Morgan fingerprint density at radius 1 is 1.16 bits per heavy atom. The van der Waals surface area contributed by atoms with Crippen molar-refractivity contribution in [3.05, 3.63) is 53.6 Å². The average Bonchev–Trinajstić information content (AvgIpc) is 3.70. The van der Waals surface area contributed by atoms with E-state index in [1.165, 1.54) is 5.57 Å². The Balaban J connectivity index is 1.16. The summed E-state index contributed by atoms with van der Waals surface area (Å²) in [6.45, 7) is 8.47. The van der Waals surface area contributed by atoms with Gasteiger partial charge >= 0.3 is 0 Å². The molecule has 2 aliphatic rings. The molecule has 6 rings (SSSR count). The van der Waals surface area contributed by atoms with Crippen molar-refractivity contribution >= 4 is 55.5 Å². The highest BCUT2D eigenvalue weighted by molar-refractivity contribution is 7.20. The van der Waals surface area contributed by atoms with Gasteiger partial charge in [0.1, 0.15) is 0 Å². The molecule has 1 saturated heterocycles. The fourth-order valence-electron chi connectivity index (χ4n) is 5.55. The summed E-state index contributed by atoms with van der Waals surface area (Å²) in [6, 6.07) is 8.21. The normalized spacial score (nSPS) is 16.0. The van der Waals surface area contributed by atoms with Crippen molar-refractivity contribution in [3.63, 3.8) is 0 Å². The van der Waals surface area contributed by atoms with Crippen molar-refractivity contribution in [1.82, 2.24) is 25.1 Å². The SMILES string of the molecule is CC(C)OCC=CC(=O)CCCC(=O)N1CC=C(c2cc3nc(-c4cccc5[nH]ncc45)nc(N4CCOCC4)c3s2)CC1. The summed E-state index contributed by atoms with van der Waals surface area (Å²) in [5.74, 6) is 1.74. The van der Waals surface area contributed by atoms with Gasteiger partial charge < -0.3 is 19.3 Å². The molecule has 0 saturated carbocycles. The number of ether oxygens (including phenoxy) is 2. The highest BCUT2D eigenvalue weighted by Crippen LogP contribution is 2.39. The number of benzene rings is 1. The van der Waals surface area contributed by atoms with E-state index in [4.69, 9.17) is 19.4 Å². The van der Waals surface area contributed by atoms with Crippen molar-refractivity contribution in [2.24, 2.45) is 0 Å². The first kappa shape index (κ1) is 30.1. The molecule has 5 heterocycles. The number of allylic oxidation sites excluding steroid dienone is 1. The van der Waals surface area contributed by atoms with Gasteiger partial charge in [-0.15, -0.1) is 11.3 Å². The second-order valence-electron chi connectivity index (χ2n) is 11.4. The van der Waals surface area contributed by atoms with Crippen LogP contribution in [0, 0.1) is 0 Å². The van der Waals surface area contributed by atoms with Crippen molar-refractivity contribution in [3.8, 4) is 11.4 Å². The van der Waals surface area contributed by atoms with Gasteiger partial charge in [0.05, 0.1) is 47.9 Å². The van der Waals surface area contributed by atoms with E-state index in [1.807, 2.05) is 43.1 Å². The van der Waals surface area contributed by atoms with E-state index in [0.717, 1.165) is 56.9 Å². The van der Waals surface area contributed by atoms with E-state index in [9.17, 15) is 9.59 Å². The second-order valence-corrected chi connectivity index (χ2v) is 12.4. The van der Waals surface area contributed by atoms with Gasteiger partial charge in [0.2, 0.25) is 5.91 Å². The zero-order valence-corrected chi connectivity index (χ0v) is 26.1. The summed E-state index contributed by atoms with van der Waals surface area (Å²) in [5.41, 5.74) is 4.05. The van der Waals surface area contributed by atoms with Crippen LogP contribution in [0.2, 0.25) is 0 Å². The van der Waals surface area contributed by atoms with Crippen molar-refractivity contribution < 1.29 is 19.1 Å². The molecule has 44 heavy (non-hydrogen) atoms. The Morgan fingerprint density at radius 2 is 2.02 bits per heavy atom. The molecule has 0 bridgehead atoms. The van der Waals surface area contributed by atoms with Gasteiger partial charge in [0.25, 0.3) is 0 Å². The van der Waals surface area contributed by atoms with Gasteiger partial charge in [-0.1, -0.05) is 24.3 Å². The fourth-order valence-corrected chi connectivity index (χ4v) is 6.73. The van der Waals surface area contributed by atoms with Gasteiger partial charge in [-0.3, -0.25) is 14.7 Å². The number of aromatic amines is 1. The number of morpholine rings is 1. The summed E-state index contributed by atoms with van der Waals surface area (Å²) in [7, 11) is 0. The average molecular weight is 615 g/mol. The van der Waals surface area contributed by atoms with Gasteiger partial charge in [0, 0.05) is 54.8 Å². The van der Waals surface area contributed by atoms with Crippen LogP contribution in [-0.2, 0) is 19.1 Å². The van der Waals surface area contributed by atoms with Crippen LogP contribution in [0.1, 0.15) is 44.4 Å². The van der Waals surface area contributed by atoms with Crippen molar-refractivity contribution in [2.75, 3.05) is 50.9 Å². The first-order valence-electron chi connectivity index (χ1n) is 15.3. The number of carbonyl (C=O) groups is 2. The quantitative estimate of drug-likeness (QED) is 0.223. The predicted molar refractivity (Wildman–Crippen MR) is 174 cm³/mol. The third kappa shape index (κ3) is 6.90. The van der Waals surface area contributed by atoms with E-state index in [-0.39, 0.29) is 17.8 Å². The fraction of sp³-hybridized carbons (Fsp3) is 0.424. The number of rotatable bonds is 11. The maximum Gasteiger partial charge on any atom is 0.222 e. The van der Waals surface area contributed by atoms with Crippen LogP contribution in [0.5, 0.6) is 0 Å². The Labute approximate surface area is 260 Å². The molecule has 230 valence electrons. The highest BCUT2D eigenvalue weighted by atomic mass is 32.1. The van der Waals surface area contributed by atoms with Crippen LogP contribution in [0.4, 0.5) is 5.82 Å². The maximum absolute atomic E-state index is 12.9. The number of anilines is 1. The predicted octanol–water partition coefficient (Wildman–Crippen LogP) is 5.41. The topological polar surface area (TPSA) is 114 Å². The third-order valence-electron chi connectivity index (χ3n) is 7.91. The molecule has 11 heteroatoms. The minimum atomic E-state index is 0.0277. The first-order valence-corrected chi connectivity index (χ1v) is 16.1. The van der Waals surface area contributed by atoms with E-state index in [1.54, 1.807) is 23.5 Å². The molecule has 2 aliphatic heterocycles. The molecule has 10 nitrogen and oxygen atoms in total. The summed E-state index contributed by atoms with van der Waals surface area (Å²) in [5, 5.41) is 8.26. The van der Waals surface area contributed by atoms with E-state index in [2.05, 4.69) is 27.2 Å². The van der Waals surface area contributed by atoms with Gasteiger partial charge in [-0.05, 0) is 50.5 Å². The number of hydrogen-bond donors (Lipinski definition) is 1. The summed E-state index contributed by atoms with van der Waals surface area (Å²) in [4.78, 5) is 40.5. The molecule has 4 aromatic rings. The standard InChI is InChI=1S/C33H38N6O4S/c1-22(2)43-17-5-7-24(40)6-3-10-30(41)38-13-11-23(12-14-38)29-20-28-31(44-29)33(39-15-18-42-19-16-39)36-32(35-28)25-8-4-9-27-26(25)21-34-37-27/h4-5,7-9,11,20-22H,3,6,10,12-19H2,1-2H3,(H,34,37). The maximum atomic E-state index is 12.9. The van der Waals surface area contributed by atoms with Crippen LogP contribution in [0.15, 0.2) is 48.7 Å². The minimum absolute atomic E-state index is 0.0277. The number of ketones is 1. The molecular weight excluding hydrogens is 576 g/mol. The zero-order chi connectivity index (χ0) is 30.5. The molecular formula is C33H38N6O4S. The Bertz CT molecular complexity index is 1700. The lowest BCUT2D eigenvalue weighted by atomic mass is 10.1. The van der Waals surface area contributed by atoms with Crippen LogP contribution in [0.3, 0.4) is 0 Å². The van der Waals surface area contributed by atoms with Gasteiger partial charge in [0.15, 0.2) is 17.4 Å². The third-order valence-corrected chi connectivity index (χ3v) is 9.11. The van der Waals surface area contributed by atoms with Gasteiger partial charge in [-0.25, -0.2) is 9.97 Å². The van der Waals surface area contributed by atoms with E-state index < -0.39 is 0 Å². The monoisotopic (exact) mass is 614 g/mol. The van der Waals surface area contributed by atoms with E-state index in [0.29, 0.717) is 58.0 Å². The molecule has 0 unspecified atom stereocenters. The molecule has 0 atom stereocenters. The molecule has 0 radical (unpaired) electrons. The molecule has 1 fully saturated rings. The summed E-state index contributed by atoms with van der Waals surface area (Å²) >= 11 is 1.72. The number of nitrogens with one attached hydrogen (secondary N) is 1. The number of aromatic nitrogens is 4. The van der Waals surface area contributed by atoms with E-state index >= 15 is 0 Å². The highest BCUT2D eigenvalue weighted by Gasteiger charge is 2.24. The lowest BCUT2D eigenvalue weighted by Gasteiger charge is -2.28. The van der Waals surface area contributed by atoms with Crippen LogP contribution < -0.4 is 4.90 Å². The largest absolute Gasteiger partial charge is 0.378 e. The molecule has 1 amide bonds. The molecule has 0 spiro atoms. The smallest absolute Gasteiger partial charge is 0.222 e. The summed E-state index contributed by atoms with van der Waals surface area (Å²) < 4.78 is 12.1. The van der Waals surface area contributed by atoms with Gasteiger partial charge in [-0.2, -0.15) is 5.10 Å². The number of amides is 1. The minimum Gasteiger partial charge on any atom is -0.378 e. The van der Waals surface area contributed by atoms with Crippen molar-refractivity contribution in [1.29, 1.82) is 0 Å². The number of carbonyl (C=O) groups excluding carboxylic acids is 2. The molecule has 0 aliphatic carbocycles. The zero-order valence-electron chi connectivity index (χ0n) is 25.3. The van der Waals surface area contributed by atoms with Crippen LogP contribution in [0.25, 0.3) is 38.1 Å². The Morgan fingerprint density at radius 3 is 2.82 bits per heavy atom. The molecule has 1 aromatic carbocycles. The number of thiophene rings is 1. The second kappa shape index (κ2) is 13.8. The molecule has 3 aromatic heterocycles. The lowest BCUT2D eigenvalue weighted by Crippen LogP contribution is -2.36. The lowest BCUT2D eigenvalue weighted by molar-refractivity contribution is -0.130. The number of H-pyrrole nitrogens is 1. The van der Waals surface area contributed by atoms with Crippen molar-refractivity contribution in [2.45, 2.75) is 45.6 Å². The number of hydrogen-bond acceptors (Lipinski definition) is 9. The summed E-state index contributed by atoms with van der Waals surface area (Å²) in [6.07, 6.45) is 9.48. The number of fused-ring (bicyclic) bond motifs is 2. The number of nitrogens with zero attached hydrogens (tertiary/aromatic N) is 5. The van der Waals surface area contributed by atoms with Crippen LogP contribution in [-0.4, -0.2) is 88.9 Å². The first-order chi connectivity index (χ1) is 21.5.